The van der Waals surface area contributed by atoms with Crippen molar-refractivity contribution in [2.24, 2.45) is 5.10 Å². The van der Waals surface area contributed by atoms with E-state index in [0.29, 0.717) is 43.3 Å². The molecule has 0 unspecified atom stereocenters. The molecule has 0 aliphatic carbocycles. The Balaban J connectivity index is 1.71. The van der Waals surface area contributed by atoms with E-state index in [0.717, 1.165) is 0 Å². The number of amides is 1. The number of nitrogens with zero attached hydrogens (tertiary/aromatic N) is 1. The molecule has 0 spiro atoms. The lowest BCUT2D eigenvalue weighted by Gasteiger charge is -2.30. The van der Waals surface area contributed by atoms with Crippen molar-refractivity contribution in [3.63, 3.8) is 0 Å². The number of carbonyl (C=O) groups excluding carboxylic acids is 2. The van der Waals surface area contributed by atoms with Crippen LogP contribution in [0.5, 0.6) is 5.75 Å². The first-order chi connectivity index (χ1) is 16.3. The molecular formula is C23H22Cl2N4O4S. The fraction of sp³-hybridized carbons (Fsp3) is 0.217. The van der Waals surface area contributed by atoms with Crippen molar-refractivity contribution in [1.29, 1.82) is 0 Å². The Hall–Kier alpha value is -3.14. The maximum absolute atomic E-state index is 12.6. The summed E-state index contributed by atoms with van der Waals surface area (Å²) in [6, 6.07) is 11.4. The van der Waals surface area contributed by atoms with Crippen LogP contribution in [-0.4, -0.2) is 36.4 Å². The molecule has 0 saturated carbocycles. The highest BCUT2D eigenvalue weighted by Gasteiger charge is 2.32. The largest absolute Gasteiger partial charge is 0.483 e. The molecule has 178 valence electrons. The van der Waals surface area contributed by atoms with E-state index in [1.807, 2.05) is 0 Å². The molecule has 2 aromatic rings. The standard InChI is InChI=1S/C23H22Cl2N4O4S/c1-3-32-22(31)20-13(2)27-23(34)28-21(20)15-6-4-5-7-18(15)33-12-19(30)29-26-11-14-8-9-16(24)17(25)10-14/h4-11,21H,3,12H2,1-2H3,(H,29,30)(H2,27,28,34)/t21-/m1/s1. The third kappa shape index (κ3) is 6.47. The molecule has 34 heavy (non-hydrogen) atoms. The maximum Gasteiger partial charge on any atom is 0.338 e. The number of thiocarbonyl (C=S) groups is 1. The molecular weight excluding hydrogens is 499 g/mol. The first-order valence-corrected chi connectivity index (χ1v) is 11.4. The Morgan fingerprint density at radius 2 is 1.97 bits per heavy atom. The lowest BCUT2D eigenvalue weighted by Crippen LogP contribution is -2.45. The summed E-state index contributed by atoms with van der Waals surface area (Å²) in [7, 11) is 0. The lowest BCUT2D eigenvalue weighted by atomic mass is 9.95. The number of hydrazone groups is 1. The summed E-state index contributed by atoms with van der Waals surface area (Å²) >= 11 is 17.1. The second-order valence-corrected chi connectivity index (χ2v) is 8.31. The Morgan fingerprint density at radius 3 is 2.71 bits per heavy atom. The van der Waals surface area contributed by atoms with Crippen LogP contribution in [0, 0.1) is 0 Å². The van der Waals surface area contributed by atoms with E-state index in [2.05, 4.69) is 21.2 Å². The average molecular weight is 521 g/mol. The third-order valence-corrected chi connectivity index (χ3v) is 5.66. The molecule has 0 fully saturated rings. The number of esters is 1. The molecule has 0 bridgehead atoms. The SMILES string of the molecule is CCOC(=O)C1=C(C)NC(=S)N[C@@H]1c1ccccc1OCC(=O)NN=Cc1ccc(Cl)c(Cl)c1. The molecule has 11 heteroatoms. The van der Waals surface area contributed by atoms with Gasteiger partial charge in [0.05, 0.1) is 34.5 Å². The van der Waals surface area contributed by atoms with Crippen molar-refractivity contribution in [1.82, 2.24) is 16.1 Å². The van der Waals surface area contributed by atoms with Crippen molar-refractivity contribution < 1.29 is 19.1 Å². The number of ether oxygens (including phenoxy) is 2. The summed E-state index contributed by atoms with van der Waals surface area (Å²) in [5.41, 5.74) is 4.64. The fourth-order valence-corrected chi connectivity index (χ4v) is 3.78. The highest BCUT2D eigenvalue weighted by Crippen LogP contribution is 2.33. The van der Waals surface area contributed by atoms with Crippen LogP contribution in [0.1, 0.15) is 31.0 Å². The van der Waals surface area contributed by atoms with Crippen molar-refractivity contribution in [3.05, 3.63) is 74.9 Å². The van der Waals surface area contributed by atoms with Gasteiger partial charge in [-0.2, -0.15) is 5.10 Å². The number of carbonyl (C=O) groups is 2. The second kappa shape index (κ2) is 11.8. The van der Waals surface area contributed by atoms with E-state index in [4.69, 9.17) is 44.9 Å². The predicted octanol–water partition coefficient (Wildman–Crippen LogP) is 3.88. The van der Waals surface area contributed by atoms with Crippen LogP contribution in [0.4, 0.5) is 0 Å². The number of hydrogen-bond acceptors (Lipinski definition) is 6. The van der Waals surface area contributed by atoms with Gasteiger partial charge in [-0.3, -0.25) is 4.79 Å². The maximum atomic E-state index is 12.6. The first kappa shape index (κ1) is 25.5. The summed E-state index contributed by atoms with van der Waals surface area (Å²) < 4.78 is 11.0. The van der Waals surface area contributed by atoms with E-state index in [1.54, 1.807) is 56.3 Å². The van der Waals surface area contributed by atoms with Crippen LogP contribution in [-0.2, 0) is 14.3 Å². The van der Waals surface area contributed by atoms with E-state index in [9.17, 15) is 9.59 Å². The summed E-state index contributed by atoms with van der Waals surface area (Å²) in [6.07, 6.45) is 1.44. The monoisotopic (exact) mass is 520 g/mol. The predicted molar refractivity (Wildman–Crippen MR) is 135 cm³/mol. The molecule has 1 heterocycles. The molecule has 3 N–H and O–H groups in total. The highest BCUT2D eigenvalue weighted by molar-refractivity contribution is 7.80. The zero-order chi connectivity index (χ0) is 24.7. The van der Waals surface area contributed by atoms with E-state index in [1.165, 1.54) is 6.21 Å². The van der Waals surface area contributed by atoms with E-state index >= 15 is 0 Å². The number of hydrogen-bond donors (Lipinski definition) is 3. The van der Waals surface area contributed by atoms with Gasteiger partial charge >= 0.3 is 5.97 Å². The number of nitrogens with one attached hydrogen (secondary N) is 3. The van der Waals surface area contributed by atoms with Crippen molar-refractivity contribution in [2.75, 3.05) is 13.2 Å². The second-order valence-electron chi connectivity index (χ2n) is 7.08. The van der Waals surface area contributed by atoms with Crippen molar-refractivity contribution >= 4 is 58.6 Å². The smallest absolute Gasteiger partial charge is 0.338 e. The van der Waals surface area contributed by atoms with Crippen molar-refractivity contribution in [2.45, 2.75) is 19.9 Å². The van der Waals surface area contributed by atoms with Crippen molar-refractivity contribution in [3.8, 4) is 5.75 Å². The van der Waals surface area contributed by atoms with Gasteiger partial charge in [-0.25, -0.2) is 10.2 Å². The molecule has 0 aromatic heterocycles. The fourth-order valence-electron chi connectivity index (χ4n) is 3.20. The third-order valence-electron chi connectivity index (χ3n) is 4.70. The minimum absolute atomic E-state index is 0.230. The minimum atomic E-state index is -0.611. The Labute approximate surface area is 212 Å². The van der Waals surface area contributed by atoms with Gasteiger partial charge in [-0.05, 0) is 49.8 Å². The van der Waals surface area contributed by atoms with Gasteiger partial charge in [0, 0.05) is 11.3 Å². The van der Waals surface area contributed by atoms with Gasteiger partial charge < -0.3 is 20.1 Å². The molecule has 8 nitrogen and oxygen atoms in total. The number of benzene rings is 2. The minimum Gasteiger partial charge on any atom is -0.483 e. The number of allylic oxidation sites excluding steroid dienone is 1. The van der Waals surface area contributed by atoms with Gasteiger partial charge in [-0.1, -0.05) is 47.5 Å². The van der Waals surface area contributed by atoms with Gasteiger partial charge in [-0.15, -0.1) is 0 Å². The molecule has 1 aliphatic rings. The molecule has 2 aromatic carbocycles. The first-order valence-electron chi connectivity index (χ1n) is 10.2. The number of para-hydroxylation sites is 1. The average Bonchev–Trinajstić information content (AvgIpc) is 2.80. The molecule has 1 aliphatic heterocycles. The van der Waals surface area contributed by atoms with Crippen LogP contribution < -0.4 is 20.8 Å². The zero-order valence-corrected chi connectivity index (χ0v) is 20.7. The number of halogens is 2. The van der Waals surface area contributed by atoms with Crippen LogP contribution in [0.25, 0.3) is 0 Å². The summed E-state index contributed by atoms with van der Waals surface area (Å²) in [6.45, 7) is 3.41. The van der Waals surface area contributed by atoms with Crippen LogP contribution >= 0.6 is 35.4 Å². The van der Waals surface area contributed by atoms with E-state index in [-0.39, 0.29) is 13.2 Å². The Morgan fingerprint density at radius 1 is 1.21 bits per heavy atom. The van der Waals surface area contributed by atoms with E-state index < -0.39 is 17.9 Å². The highest BCUT2D eigenvalue weighted by atomic mass is 35.5. The van der Waals surface area contributed by atoms with Gasteiger partial charge in [0.2, 0.25) is 0 Å². The number of rotatable bonds is 8. The quantitative estimate of drug-likeness (QED) is 0.210. The molecule has 0 saturated heterocycles. The molecule has 3 rings (SSSR count). The van der Waals surface area contributed by atoms with Crippen LogP contribution in [0.2, 0.25) is 10.0 Å². The van der Waals surface area contributed by atoms with Crippen LogP contribution in [0.15, 0.2) is 58.8 Å². The molecule has 1 amide bonds. The molecule has 0 radical (unpaired) electrons. The lowest BCUT2D eigenvalue weighted by molar-refractivity contribution is -0.139. The zero-order valence-electron chi connectivity index (χ0n) is 18.4. The summed E-state index contributed by atoms with van der Waals surface area (Å²) in [5, 5.41) is 11.1. The van der Waals surface area contributed by atoms with Crippen LogP contribution in [0.3, 0.4) is 0 Å². The van der Waals surface area contributed by atoms with Gasteiger partial charge in [0.25, 0.3) is 5.91 Å². The Bertz CT molecular complexity index is 1170. The summed E-state index contributed by atoms with van der Waals surface area (Å²) in [5.74, 6) is -0.545. The Kier molecular flexibility index (Phi) is 8.86. The molecule has 1 atom stereocenters. The normalized spacial score (nSPS) is 15.5. The summed E-state index contributed by atoms with van der Waals surface area (Å²) in [4.78, 5) is 24.9. The topological polar surface area (TPSA) is 101 Å². The van der Waals surface area contributed by atoms with Gasteiger partial charge in [0.1, 0.15) is 5.75 Å². The van der Waals surface area contributed by atoms with Gasteiger partial charge in [0.15, 0.2) is 11.7 Å².